The lowest BCUT2D eigenvalue weighted by Gasteiger charge is -2.52. The van der Waals surface area contributed by atoms with E-state index in [9.17, 15) is 0 Å². The van der Waals surface area contributed by atoms with E-state index in [-0.39, 0.29) is 16.9 Å². The molecular formula is C14H19ClO. The van der Waals surface area contributed by atoms with E-state index in [1.807, 2.05) is 30.3 Å². The number of para-hydroxylation sites is 1. The third-order valence-electron chi connectivity index (χ3n) is 4.02. The van der Waals surface area contributed by atoms with Crippen molar-refractivity contribution in [2.75, 3.05) is 0 Å². The van der Waals surface area contributed by atoms with Crippen LogP contribution in [0.2, 0.25) is 0 Å². The molecule has 2 atom stereocenters. The summed E-state index contributed by atoms with van der Waals surface area (Å²) < 4.78 is 6.03. The average molecular weight is 239 g/mol. The van der Waals surface area contributed by atoms with E-state index in [1.165, 1.54) is 0 Å². The highest BCUT2D eigenvalue weighted by molar-refractivity contribution is 6.21. The third-order valence-corrected chi connectivity index (χ3v) is 4.64. The fourth-order valence-corrected chi connectivity index (χ4v) is 3.29. The Hall–Kier alpha value is -0.690. The molecule has 2 rings (SSSR count). The lowest BCUT2D eigenvalue weighted by Crippen LogP contribution is -2.56. The first-order valence-corrected chi connectivity index (χ1v) is 6.52. The van der Waals surface area contributed by atoms with Gasteiger partial charge in [-0.15, -0.1) is 11.6 Å². The second kappa shape index (κ2) is 4.67. The highest BCUT2D eigenvalue weighted by atomic mass is 35.5. The summed E-state index contributed by atoms with van der Waals surface area (Å²) in [7, 11) is 0. The third kappa shape index (κ3) is 1.82. The Morgan fingerprint density at radius 2 is 1.88 bits per heavy atom. The number of benzene rings is 1. The molecule has 0 aliphatic heterocycles. The van der Waals surface area contributed by atoms with Crippen molar-refractivity contribution in [2.24, 2.45) is 5.41 Å². The second-order valence-electron chi connectivity index (χ2n) is 4.56. The summed E-state index contributed by atoms with van der Waals surface area (Å²) in [5.41, 5.74) is 0.178. The molecule has 0 radical (unpaired) electrons. The molecule has 0 saturated heterocycles. The maximum absolute atomic E-state index is 6.35. The SMILES string of the molecule is CCC1(CC)C(Cl)CC1Oc1ccccc1. The Kier molecular flexibility index (Phi) is 3.44. The fourth-order valence-electron chi connectivity index (χ4n) is 2.68. The van der Waals surface area contributed by atoms with Gasteiger partial charge in [-0.1, -0.05) is 32.0 Å². The molecule has 1 aromatic rings. The minimum Gasteiger partial charge on any atom is -0.490 e. The number of alkyl halides is 1. The Balaban J connectivity index is 2.07. The number of hydrogen-bond donors (Lipinski definition) is 0. The van der Waals surface area contributed by atoms with Crippen LogP contribution in [-0.2, 0) is 0 Å². The molecule has 88 valence electrons. The Bertz CT molecular complexity index is 332. The number of halogens is 1. The molecule has 1 aliphatic carbocycles. The van der Waals surface area contributed by atoms with Gasteiger partial charge in [-0.25, -0.2) is 0 Å². The minimum absolute atomic E-state index is 0.178. The minimum atomic E-state index is 0.178. The molecule has 1 nitrogen and oxygen atoms in total. The first-order valence-electron chi connectivity index (χ1n) is 6.08. The normalized spacial score (nSPS) is 27.2. The molecule has 0 heterocycles. The molecule has 1 aromatic carbocycles. The van der Waals surface area contributed by atoms with Crippen molar-refractivity contribution in [1.29, 1.82) is 0 Å². The fraction of sp³-hybridized carbons (Fsp3) is 0.571. The predicted molar refractivity (Wildman–Crippen MR) is 68.1 cm³/mol. The summed E-state index contributed by atoms with van der Waals surface area (Å²) >= 11 is 6.35. The quantitative estimate of drug-likeness (QED) is 0.713. The molecule has 16 heavy (non-hydrogen) atoms. The predicted octanol–water partition coefficient (Wildman–Crippen LogP) is 4.25. The van der Waals surface area contributed by atoms with Crippen molar-refractivity contribution in [3.63, 3.8) is 0 Å². The monoisotopic (exact) mass is 238 g/mol. The molecule has 0 spiro atoms. The van der Waals surface area contributed by atoms with Crippen LogP contribution in [0.3, 0.4) is 0 Å². The van der Waals surface area contributed by atoms with E-state index < -0.39 is 0 Å². The Labute approximate surface area is 103 Å². The zero-order valence-corrected chi connectivity index (χ0v) is 10.7. The molecule has 1 fully saturated rings. The maximum Gasteiger partial charge on any atom is 0.119 e. The summed E-state index contributed by atoms with van der Waals surface area (Å²) in [5.74, 6) is 0.961. The van der Waals surface area contributed by atoms with Crippen LogP contribution in [-0.4, -0.2) is 11.5 Å². The molecule has 1 saturated carbocycles. The van der Waals surface area contributed by atoms with Crippen LogP contribution >= 0.6 is 11.6 Å². The van der Waals surface area contributed by atoms with E-state index in [1.54, 1.807) is 0 Å². The van der Waals surface area contributed by atoms with Gasteiger partial charge in [0.25, 0.3) is 0 Å². The summed E-state index contributed by atoms with van der Waals surface area (Å²) in [4.78, 5) is 0. The summed E-state index contributed by atoms with van der Waals surface area (Å²) in [6, 6.07) is 10.0. The Morgan fingerprint density at radius 1 is 1.25 bits per heavy atom. The van der Waals surface area contributed by atoms with E-state index in [0.717, 1.165) is 25.0 Å². The van der Waals surface area contributed by atoms with Crippen molar-refractivity contribution in [3.05, 3.63) is 30.3 Å². The van der Waals surface area contributed by atoms with Crippen LogP contribution in [0.5, 0.6) is 5.75 Å². The smallest absolute Gasteiger partial charge is 0.119 e. The highest BCUT2D eigenvalue weighted by Gasteiger charge is 2.53. The van der Waals surface area contributed by atoms with Gasteiger partial charge >= 0.3 is 0 Å². The van der Waals surface area contributed by atoms with Crippen LogP contribution in [0.1, 0.15) is 33.1 Å². The second-order valence-corrected chi connectivity index (χ2v) is 5.09. The van der Waals surface area contributed by atoms with Gasteiger partial charge in [0.05, 0.1) is 0 Å². The van der Waals surface area contributed by atoms with Gasteiger partial charge in [0, 0.05) is 17.2 Å². The zero-order valence-electron chi connectivity index (χ0n) is 9.95. The van der Waals surface area contributed by atoms with Gasteiger partial charge in [0.2, 0.25) is 0 Å². The molecule has 1 aliphatic rings. The van der Waals surface area contributed by atoms with Crippen molar-refractivity contribution >= 4 is 11.6 Å². The molecule has 0 aromatic heterocycles. The molecule has 0 amide bonds. The Morgan fingerprint density at radius 3 is 2.38 bits per heavy atom. The average Bonchev–Trinajstić information content (AvgIpc) is 2.32. The number of ether oxygens (including phenoxy) is 1. The van der Waals surface area contributed by atoms with Crippen molar-refractivity contribution in [1.82, 2.24) is 0 Å². The van der Waals surface area contributed by atoms with E-state index in [0.29, 0.717) is 0 Å². The molecule has 2 heteroatoms. The van der Waals surface area contributed by atoms with Gasteiger partial charge in [-0.2, -0.15) is 0 Å². The largest absolute Gasteiger partial charge is 0.490 e. The first-order chi connectivity index (χ1) is 7.73. The first kappa shape index (κ1) is 11.8. The van der Waals surface area contributed by atoms with E-state index >= 15 is 0 Å². The lowest BCUT2D eigenvalue weighted by molar-refractivity contribution is -0.0462. The van der Waals surface area contributed by atoms with Gasteiger partial charge in [0.1, 0.15) is 11.9 Å². The summed E-state index contributed by atoms with van der Waals surface area (Å²) in [6.45, 7) is 4.42. The van der Waals surface area contributed by atoms with Crippen LogP contribution in [0.25, 0.3) is 0 Å². The van der Waals surface area contributed by atoms with Gasteiger partial charge in [0.15, 0.2) is 0 Å². The number of rotatable bonds is 4. The standard InChI is InChI=1S/C14H19ClO/c1-3-14(4-2)12(15)10-13(14)16-11-8-6-5-7-9-11/h5-9,12-13H,3-4,10H2,1-2H3. The van der Waals surface area contributed by atoms with Gasteiger partial charge in [-0.05, 0) is 25.0 Å². The van der Waals surface area contributed by atoms with Crippen molar-refractivity contribution in [3.8, 4) is 5.75 Å². The summed E-state index contributed by atoms with van der Waals surface area (Å²) in [5, 5.41) is 0.274. The lowest BCUT2D eigenvalue weighted by atomic mass is 9.62. The number of hydrogen-bond acceptors (Lipinski definition) is 1. The maximum atomic E-state index is 6.35. The zero-order chi connectivity index (χ0) is 11.6. The van der Waals surface area contributed by atoms with Gasteiger partial charge in [-0.3, -0.25) is 0 Å². The molecular weight excluding hydrogens is 220 g/mol. The van der Waals surface area contributed by atoms with Crippen LogP contribution in [0, 0.1) is 5.41 Å². The summed E-state index contributed by atoms with van der Waals surface area (Å²) in [6.07, 6.45) is 3.44. The van der Waals surface area contributed by atoms with Gasteiger partial charge < -0.3 is 4.74 Å². The van der Waals surface area contributed by atoms with Crippen LogP contribution in [0.15, 0.2) is 30.3 Å². The molecule has 0 bridgehead atoms. The van der Waals surface area contributed by atoms with Crippen LogP contribution in [0.4, 0.5) is 0 Å². The topological polar surface area (TPSA) is 9.23 Å². The molecule has 0 N–H and O–H groups in total. The van der Waals surface area contributed by atoms with Crippen LogP contribution < -0.4 is 4.74 Å². The van der Waals surface area contributed by atoms with Crippen molar-refractivity contribution < 1.29 is 4.74 Å². The highest BCUT2D eigenvalue weighted by Crippen LogP contribution is 2.51. The van der Waals surface area contributed by atoms with Crippen molar-refractivity contribution in [2.45, 2.75) is 44.6 Å². The van der Waals surface area contributed by atoms with E-state index in [2.05, 4.69) is 13.8 Å². The van der Waals surface area contributed by atoms with E-state index in [4.69, 9.17) is 16.3 Å². The molecule has 2 unspecified atom stereocenters.